The van der Waals surface area contributed by atoms with Crippen molar-refractivity contribution in [2.45, 2.75) is 33.2 Å². The fraction of sp³-hybridized carbons (Fsp3) is 0.625. The number of nitrogens with two attached hydrogens (primary N) is 1. The van der Waals surface area contributed by atoms with Gasteiger partial charge in [0.2, 0.25) is 0 Å². The number of hydrogen-bond donors (Lipinski definition) is 1. The van der Waals surface area contributed by atoms with Crippen molar-refractivity contribution in [2.75, 3.05) is 19.6 Å². The number of likely N-dealkylation sites (tertiary alicyclic amines) is 1. The Hall–Kier alpha value is -0.860. The highest BCUT2D eigenvalue weighted by molar-refractivity contribution is 5.22. The quantitative estimate of drug-likeness (QED) is 0.865. The summed E-state index contributed by atoms with van der Waals surface area (Å²) in [6.07, 6.45) is 2.64. The van der Waals surface area contributed by atoms with Gasteiger partial charge in [-0.3, -0.25) is 4.90 Å². The zero-order valence-corrected chi connectivity index (χ0v) is 11.7. The zero-order chi connectivity index (χ0) is 13.0. The summed E-state index contributed by atoms with van der Waals surface area (Å²) >= 11 is 0. The molecule has 1 heterocycles. The highest BCUT2D eigenvalue weighted by Gasteiger charge is 2.23. The van der Waals surface area contributed by atoms with E-state index in [9.17, 15) is 0 Å². The second-order valence-corrected chi connectivity index (χ2v) is 5.96. The molecule has 2 rings (SSSR count). The third-order valence-corrected chi connectivity index (χ3v) is 4.00. The van der Waals surface area contributed by atoms with Crippen molar-refractivity contribution in [3.63, 3.8) is 0 Å². The molecule has 2 nitrogen and oxygen atoms in total. The molecule has 2 unspecified atom stereocenters. The van der Waals surface area contributed by atoms with E-state index < -0.39 is 0 Å². The maximum Gasteiger partial charge on any atom is 0.0233 e. The van der Waals surface area contributed by atoms with Crippen LogP contribution in [0.15, 0.2) is 24.3 Å². The molecule has 1 aromatic rings. The van der Waals surface area contributed by atoms with E-state index in [1.165, 1.54) is 37.1 Å². The number of rotatable bonds is 5. The summed E-state index contributed by atoms with van der Waals surface area (Å²) in [6.45, 7) is 8.86. The van der Waals surface area contributed by atoms with Crippen LogP contribution in [-0.2, 0) is 6.54 Å². The van der Waals surface area contributed by atoms with Crippen molar-refractivity contribution in [1.29, 1.82) is 0 Å². The van der Waals surface area contributed by atoms with Crippen molar-refractivity contribution < 1.29 is 0 Å². The highest BCUT2D eigenvalue weighted by atomic mass is 15.1. The Bertz CT molecular complexity index is 375. The molecule has 0 saturated carbocycles. The Morgan fingerprint density at radius 1 is 1.44 bits per heavy atom. The summed E-state index contributed by atoms with van der Waals surface area (Å²) in [4.78, 5) is 2.59. The Morgan fingerprint density at radius 3 is 3.00 bits per heavy atom. The van der Waals surface area contributed by atoms with Gasteiger partial charge in [0.15, 0.2) is 0 Å². The maximum atomic E-state index is 5.71. The highest BCUT2D eigenvalue weighted by Crippen LogP contribution is 2.24. The SMILES string of the molecule is Cc1cccc(CN2CCC(CC(C)CN)C2)c1. The fourth-order valence-electron chi connectivity index (χ4n) is 2.98. The van der Waals surface area contributed by atoms with E-state index >= 15 is 0 Å². The van der Waals surface area contributed by atoms with E-state index in [1.807, 2.05) is 0 Å². The smallest absolute Gasteiger partial charge is 0.0233 e. The van der Waals surface area contributed by atoms with Crippen LogP contribution in [0.5, 0.6) is 0 Å². The van der Waals surface area contributed by atoms with Crippen molar-refractivity contribution in [2.24, 2.45) is 17.6 Å². The first kappa shape index (κ1) is 13.6. The first-order valence-electron chi connectivity index (χ1n) is 7.15. The molecule has 2 heteroatoms. The molecule has 0 amide bonds. The molecule has 18 heavy (non-hydrogen) atoms. The van der Waals surface area contributed by atoms with Gasteiger partial charge in [-0.15, -0.1) is 0 Å². The second-order valence-electron chi connectivity index (χ2n) is 5.96. The van der Waals surface area contributed by atoms with Crippen LogP contribution in [0.25, 0.3) is 0 Å². The summed E-state index contributed by atoms with van der Waals surface area (Å²) < 4.78 is 0. The minimum absolute atomic E-state index is 0.675. The fourth-order valence-corrected chi connectivity index (χ4v) is 2.98. The standard InChI is InChI=1S/C16H26N2/c1-13-4-3-5-15(8-13)11-18-7-6-16(12-18)9-14(2)10-17/h3-5,8,14,16H,6-7,9-12,17H2,1-2H3. The summed E-state index contributed by atoms with van der Waals surface area (Å²) in [5.41, 5.74) is 8.52. The Balaban J connectivity index is 1.82. The molecule has 1 saturated heterocycles. The van der Waals surface area contributed by atoms with Crippen LogP contribution in [0.3, 0.4) is 0 Å². The van der Waals surface area contributed by atoms with Crippen LogP contribution in [0.4, 0.5) is 0 Å². The molecule has 1 aromatic carbocycles. The monoisotopic (exact) mass is 246 g/mol. The molecule has 0 radical (unpaired) electrons. The van der Waals surface area contributed by atoms with Crippen LogP contribution in [0, 0.1) is 18.8 Å². The molecule has 1 aliphatic rings. The van der Waals surface area contributed by atoms with Gasteiger partial charge >= 0.3 is 0 Å². The average Bonchev–Trinajstić information content (AvgIpc) is 2.76. The average molecular weight is 246 g/mol. The minimum Gasteiger partial charge on any atom is -0.330 e. The van der Waals surface area contributed by atoms with E-state index in [4.69, 9.17) is 5.73 Å². The molecule has 0 bridgehead atoms. The summed E-state index contributed by atoms with van der Waals surface area (Å²) in [5, 5.41) is 0. The third kappa shape index (κ3) is 3.82. The van der Waals surface area contributed by atoms with Gasteiger partial charge < -0.3 is 5.73 Å². The molecule has 0 spiro atoms. The lowest BCUT2D eigenvalue weighted by Crippen LogP contribution is -2.21. The van der Waals surface area contributed by atoms with Crippen molar-refractivity contribution in [1.82, 2.24) is 4.90 Å². The van der Waals surface area contributed by atoms with Gasteiger partial charge in [0.1, 0.15) is 0 Å². The molecule has 1 fully saturated rings. The Morgan fingerprint density at radius 2 is 2.28 bits per heavy atom. The predicted molar refractivity (Wildman–Crippen MR) is 77.4 cm³/mol. The van der Waals surface area contributed by atoms with Gasteiger partial charge in [-0.2, -0.15) is 0 Å². The van der Waals surface area contributed by atoms with Crippen LogP contribution in [-0.4, -0.2) is 24.5 Å². The molecule has 2 N–H and O–H groups in total. The van der Waals surface area contributed by atoms with E-state index in [0.29, 0.717) is 5.92 Å². The lowest BCUT2D eigenvalue weighted by atomic mass is 9.95. The lowest BCUT2D eigenvalue weighted by Gasteiger charge is -2.18. The van der Waals surface area contributed by atoms with Gasteiger partial charge in [0.25, 0.3) is 0 Å². The molecular formula is C16H26N2. The Labute approximate surface area is 111 Å². The van der Waals surface area contributed by atoms with Crippen LogP contribution >= 0.6 is 0 Å². The maximum absolute atomic E-state index is 5.71. The largest absolute Gasteiger partial charge is 0.330 e. The number of benzene rings is 1. The number of nitrogens with zero attached hydrogens (tertiary/aromatic N) is 1. The van der Waals surface area contributed by atoms with E-state index in [0.717, 1.165) is 19.0 Å². The normalized spacial score (nSPS) is 22.3. The Kier molecular flexibility index (Phi) is 4.79. The third-order valence-electron chi connectivity index (χ3n) is 4.00. The van der Waals surface area contributed by atoms with Crippen LogP contribution in [0.1, 0.15) is 30.9 Å². The molecule has 0 aromatic heterocycles. The summed E-state index contributed by atoms with van der Waals surface area (Å²) in [7, 11) is 0. The van der Waals surface area contributed by atoms with Gasteiger partial charge in [-0.25, -0.2) is 0 Å². The minimum atomic E-state index is 0.675. The van der Waals surface area contributed by atoms with Crippen LogP contribution < -0.4 is 5.73 Å². The van der Waals surface area contributed by atoms with Gasteiger partial charge in [0.05, 0.1) is 0 Å². The number of aryl methyl sites for hydroxylation is 1. The lowest BCUT2D eigenvalue weighted by molar-refractivity contribution is 0.303. The van der Waals surface area contributed by atoms with Gasteiger partial charge in [-0.05, 0) is 50.3 Å². The van der Waals surface area contributed by atoms with Crippen molar-refractivity contribution in [3.05, 3.63) is 35.4 Å². The topological polar surface area (TPSA) is 29.3 Å². The van der Waals surface area contributed by atoms with Crippen molar-refractivity contribution in [3.8, 4) is 0 Å². The summed E-state index contributed by atoms with van der Waals surface area (Å²) in [5.74, 6) is 1.53. The molecule has 2 atom stereocenters. The van der Waals surface area contributed by atoms with E-state index in [1.54, 1.807) is 0 Å². The zero-order valence-electron chi connectivity index (χ0n) is 11.7. The van der Waals surface area contributed by atoms with E-state index in [2.05, 4.69) is 43.0 Å². The van der Waals surface area contributed by atoms with Crippen molar-refractivity contribution >= 4 is 0 Å². The van der Waals surface area contributed by atoms with Gasteiger partial charge in [-0.1, -0.05) is 36.8 Å². The predicted octanol–water partition coefficient (Wildman–Crippen LogP) is 2.80. The summed E-state index contributed by atoms with van der Waals surface area (Å²) in [6, 6.07) is 8.87. The molecule has 1 aliphatic heterocycles. The molecule has 0 aliphatic carbocycles. The van der Waals surface area contributed by atoms with Gasteiger partial charge in [0, 0.05) is 13.1 Å². The van der Waals surface area contributed by atoms with E-state index in [-0.39, 0.29) is 0 Å². The first-order valence-corrected chi connectivity index (χ1v) is 7.15. The number of hydrogen-bond acceptors (Lipinski definition) is 2. The first-order chi connectivity index (χ1) is 8.67. The second kappa shape index (κ2) is 6.35. The molecular weight excluding hydrogens is 220 g/mol. The van der Waals surface area contributed by atoms with Crippen LogP contribution in [0.2, 0.25) is 0 Å². The molecule has 100 valence electrons.